The average molecular weight is 710 g/mol. The van der Waals surface area contributed by atoms with E-state index < -0.39 is 56.0 Å². The van der Waals surface area contributed by atoms with E-state index in [0.717, 1.165) is 36.7 Å². The number of esters is 2. The summed E-state index contributed by atoms with van der Waals surface area (Å²) >= 11 is 6.26. The molecule has 3 aromatic rings. The second-order valence-corrected chi connectivity index (χ2v) is 13.9. The van der Waals surface area contributed by atoms with Crippen LogP contribution in [0.5, 0.6) is 0 Å². The van der Waals surface area contributed by atoms with Gasteiger partial charge in [0.25, 0.3) is 10.0 Å². The maximum Gasteiger partial charge on any atom is 0.416 e. The third kappa shape index (κ3) is 6.24. The number of allylic oxidation sites excluding steroid dienone is 1. The number of carbonyl (C=O) groups is 2. The molecule has 0 spiro atoms. The molecule has 5 rings (SSSR count). The second-order valence-electron chi connectivity index (χ2n) is 11.6. The van der Waals surface area contributed by atoms with Gasteiger partial charge >= 0.3 is 18.1 Å². The lowest BCUT2D eigenvalue weighted by Crippen LogP contribution is -2.68. The van der Waals surface area contributed by atoms with E-state index in [9.17, 15) is 35.6 Å². The Bertz CT molecular complexity index is 1870. The molecule has 256 valence electrons. The van der Waals surface area contributed by atoms with Gasteiger partial charge in [-0.05, 0) is 67.4 Å². The summed E-state index contributed by atoms with van der Waals surface area (Å²) in [7, 11) is -2.35. The monoisotopic (exact) mass is 709 g/mol. The van der Waals surface area contributed by atoms with Gasteiger partial charge < -0.3 is 14.4 Å². The highest BCUT2D eigenvalue weighted by Crippen LogP contribution is 2.42. The maximum atomic E-state index is 14.7. The topological polar surface area (TPSA) is 96.5 Å². The van der Waals surface area contributed by atoms with Gasteiger partial charge in [-0.15, -0.1) is 0 Å². The standard InChI is InChI=1S/C33H32ClF4N3O6S/c1-20(29-25(34)9-6-10-26(29)35)15-21-11-12-27-28(16-21)41(48(44,45)24-8-5-7-22(17-24)33(36,37)38)19-23-18-39(13-14-40(23)27)32(2,30(42)46-3)31(43)47-4/h5-12,15-17,23H,13-14,18-19H2,1-4H3/b20-15+/t23-/m0/s1. The Morgan fingerprint density at radius 3 is 2.23 bits per heavy atom. The summed E-state index contributed by atoms with van der Waals surface area (Å²) < 4.78 is 94.9. The lowest BCUT2D eigenvalue weighted by Gasteiger charge is -2.51. The van der Waals surface area contributed by atoms with Crippen molar-refractivity contribution in [2.24, 2.45) is 0 Å². The Morgan fingerprint density at radius 2 is 1.60 bits per heavy atom. The van der Waals surface area contributed by atoms with Gasteiger partial charge in [-0.3, -0.25) is 9.21 Å². The molecule has 0 unspecified atom stereocenters. The number of methoxy groups -OCH3 is 2. The first-order valence-electron chi connectivity index (χ1n) is 14.7. The Hall–Kier alpha value is -4.14. The normalized spacial score (nSPS) is 17.4. The van der Waals surface area contributed by atoms with Crippen LogP contribution in [0.1, 0.15) is 30.5 Å². The number of carbonyl (C=O) groups excluding carboxylic acids is 2. The van der Waals surface area contributed by atoms with Gasteiger partial charge in [0.1, 0.15) is 5.82 Å². The smallest absolute Gasteiger partial charge is 0.416 e. The molecule has 2 heterocycles. The van der Waals surface area contributed by atoms with Gasteiger partial charge in [-0.1, -0.05) is 35.9 Å². The van der Waals surface area contributed by atoms with Gasteiger partial charge in [-0.2, -0.15) is 13.2 Å². The van der Waals surface area contributed by atoms with Crippen molar-refractivity contribution in [3.05, 3.63) is 88.2 Å². The summed E-state index contributed by atoms with van der Waals surface area (Å²) in [6.07, 6.45) is -3.16. The fourth-order valence-electron chi connectivity index (χ4n) is 6.22. The van der Waals surface area contributed by atoms with E-state index >= 15 is 0 Å². The van der Waals surface area contributed by atoms with Gasteiger partial charge in [0, 0.05) is 25.2 Å². The van der Waals surface area contributed by atoms with Gasteiger partial charge in [0.05, 0.1) is 53.7 Å². The first-order valence-corrected chi connectivity index (χ1v) is 16.5. The molecule has 0 aromatic heterocycles. The largest absolute Gasteiger partial charge is 0.467 e. The third-order valence-corrected chi connectivity index (χ3v) is 10.8. The van der Waals surface area contributed by atoms with Crippen LogP contribution in [0.15, 0.2) is 65.6 Å². The van der Waals surface area contributed by atoms with Crippen LogP contribution in [0, 0.1) is 5.82 Å². The number of ether oxygens (including phenoxy) is 2. The number of fused-ring (bicyclic) bond motifs is 3. The summed E-state index contributed by atoms with van der Waals surface area (Å²) in [4.78, 5) is 28.6. The lowest BCUT2D eigenvalue weighted by molar-refractivity contribution is -0.171. The van der Waals surface area contributed by atoms with Crippen LogP contribution in [0.25, 0.3) is 11.6 Å². The van der Waals surface area contributed by atoms with Crippen molar-refractivity contribution in [1.29, 1.82) is 0 Å². The molecule has 0 bridgehead atoms. The highest BCUT2D eigenvalue weighted by Gasteiger charge is 2.52. The number of hydrogen-bond donors (Lipinski definition) is 0. The van der Waals surface area contributed by atoms with Crippen LogP contribution in [0.2, 0.25) is 5.02 Å². The summed E-state index contributed by atoms with van der Waals surface area (Å²) in [5, 5.41) is 0.182. The highest BCUT2D eigenvalue weighted by molar-refractivity contribution is 7.92. The molecule has 1 atom stereocenters. The molecule has 0 N–H and O–H groups in total. The van der Waals surface area contributed by atoms with Crippen LogP contribution in [-0.2, 0) is 35.3 Å². The fraction of sp³-hybridized carbons (Fsp3) is 0.333. The third-order valence-electron chi connectivity index (χ3n) is 8.72. The van der Waals surface area contributed by atoms with Gasteiger partial charge in [-0.25, -0.2) is 22.4 Å². The molecule has 9 nitrogen and oxygen atoms in total. The molecule has 48 heavy (non-hydrogen) atoms. The number of alkyl halides is 3. The van der Waals surface area contributed by atoms with E-state index in [-0.39, 0.29) is 42.5 Å². The van der Waals surface area contributed by atoms with Crippen molar-refractivity contribution in [3.63, 3.8) is 0 Å². The van der Waals surface area contributed by atoms with Crippen molar-refractivity contribution in [2.75, 3.05) is 49.6 Å². The number of halogens is 5. The number of hydrogen-bond acceptors (Lipinski definition) is 8. The average Bonchev–Trinajstić information content (AvgIpc) is 3.05. The maximum absolute atomic E-state index is 14.7. The predicted molar refractivity (Wildman–Crippen MR) is 173 cm³/mol. The van der Waals surface area contributed by atoms with Crippen LogP contribution < -0.4 is 9.21 Å². The quantitative estimate of drug-likeness (QED) is 0.130. The zero-order valence-corrected chi connectivity index (χ0v) is 27.9. The Labute approximate surface area is 280 Å². The number of benzene rings is 3. The van der Waals surface area contributed by atoms with E-state index in [1.807, 2.05) is 4.90 Å². The van der Waals surface area contributed by atoms with Crippen molar-refractivity contribution in [1.82, 2.24) is 4.90 Å². The van der Waals surface area contributed by atoms with E-state index in [2.05, 4.69) is 0 Å². The van der Waals surface area contributed by atoms with E-state index in [4.69, 9.17) is 21.1 Å². The molecule has 2 aliphatic heterocycles. The molecule has 0 saturated carbocycles. The lowest BCUT2D eigenvalue weighted by atomic mass is 9.95. The first kappa shape index (κ1) is 35.2. The minimum atomic E-state index is -4.79. The number of sulfonamides is 1. The predicted octanol–water partition coefficient (Wildman–Crippen LogP) is 5.86. The summed E-state index contributed by atoms with van der Waals surface area (Å²) in [6.45, 7) is 3.20. The fourth-order valence-corrected chi connectivity index (χ4v) is 8.09. The second kappa shape index (κ2) is 13.1. The number of piperazine rings is 1. The van der Waals surface area contributed by atoms with E-state index in [1.54, 1.807) is 42.2 Å². The molecule has 0 amide bonds. The Morgan fingerprint density at radius 1 is 0.938 bits per heavy atom. The summed E-state index contributed by atoms with van der Waals surface area (Å²) in [5.74, 6) is -2.28. The number of rotatable bonds is 7. The van der Waals surface area contributed by atoms with Crippen molar-refractivity contribution in [2.45, 2.75) is 36.5 Å². The molecule has 1 saturated heterocycles. The molecule has 0 radical (unpaired) electrons. The van der Waals surface area contributed by atoms with Crippen molar-refractivity contribution in [3.8, 4) is 0 Å². The summed E-state index contributed by atoms with van der Waals surface area (Å²) in [5.41, 5.74) is -1.23. The van der Waals surface area contributed by atoms with E-state index in [1.165, 1.54) is 19.1 Å². The van der Waals surface area contributed by atoms with Gasteiger partial charge in [0.15, 0.2) is 0 Å². The molecule has 0 aliphatic carbocycles. The molecule has 3 aromatic carbocycles. The van der Waals surface area contributed by atoms with Crippen LogP contribution in [0.4, 0.5) is 28.9 Å². The minimum absolute atomic E-state index is 0.00129. The van der Waals surface area contributed by atoms with Crippen LogP contribution in [-0.4, -0.2) is 77.2 Å². The Kier molecular flexibility index (Phi) is 9.56. The van der Waals surface area contributed by atoms with Crippen LogP contribution >= 0.6 is 11.6 Å². The number of anilines is 2. The molecular formula is C33H32ClF4N3O6S. The van der Waals surface area contributed by atoms with Crippen molar-refractivity contribution < 1.29 is 45.0 Å². The summed E-state index contributed by atoms with van der Waals surface area (Å²) in [6, 6.07) is 12.0. The molecule has 2 aliphatic rings. The molecule has 15 heteroatoms. The SMILES string of the molecule is COC(=O)C(C)(C(=O)OC)N1CCN2c3ccc(/C=C(\C)c4c(F)cccc4Cl)cc3N(S(=O)(=O)c3cccc(C(F)(F)F)c3)C[C@@H]2C1. The Balaban J connectivity index is 1.63. The zero-order chi connectivity index (χ0) is 35.2. The molecular weight excluding hydrogens is 678 g/mol. The van der Waals surface area contributed by atoms with E-state index in [0.29, 0.717) is 22.9 Å². The first-order chi connectivity index (χ1) is 22.5. The van der Waals surface area contributed by atoms with Gasteiger partial charge in [0.2, 0.25) is 5.54 Å². The minimum Gasteiger partial charge on any atom is -0.467 e. The zero-order valence-electron chi connectivity index (χ0n) is 26.3. The molecule has 1 fully saturated rings. The van der Waals surface area contributed by atoms with Crippen LogP contribution in [0.3, 0.4) is 0 Å². The highest BCUT2D eigenvalue weighted by atomic mass is 35.5. The van der Waals surface area contributed by atoms with Crippen molar-refractivity contribution >= 4 is 56.6 Å². The number of nitrogens with zero attached hydrogens (tertiary/aromatic N) is 3.